The molecule has 5 nitrogen and oxygen atoms in total. The molecular formula is C26H26FN3O2. The Morgan fingerprint density at radius 2 is 1.56 bits per heavy atom. The molecule has 1 aromatic heterocycles. The van der Waals surface area contributed by atoms with Gasteiger partial charge in [-0.25, -0.2) is 9.18 Å². The number of rotatable bonds is 4. The fourth-order valence-corrected chi connectivity index (χ4v) is 4.45. The monoisotopic (exact) mass is 431 g/mol. The summed E-state index contributed by atoms with van der Waals surface area (Å²) in [5.41, 5.74) is 8.53. The third-order valence-corrected chi connectivity index (χ3v) is 5.85. The van der Waals surface area contributed by atoms with Gasteiger partial charge in [0, 0.05) is 11.4 Å². The van der Waals surface area contributed by atoms with Gasteiger partial charge in [0.1, 0.15) is 11.5 Å². The van der Waals surface area contributed by atoms with Crippen LogP contribution in [0.4, 0.5) is 9.18 Å². The van der Waals surface area contributed by atoms with Crippen molar-refractivity contribution in [2.24, 2.45) is 0 Å². The van der Waals surface area contributed by atoms with Crippen molar-refractivity contribution < 1.29 is 14.0 Å². The van der Waals surface area contributed by atoms with Gasteiger partial charge in [-0.05, 0) is 81.1 Å². The lowest BCUT2D eigenvalue weighted by molar-refractivity contribution is -0.123. The van der Waals surface area contributed by atoms with Gasteiger partial charge < -0.3 is 9.88 Å². The van der Waals surface area contributed by atoms with E-state index in [0.29, 0.717) is 5.56 Å². The SMILES string of the molecule is Cc1cc(C)c(-n2c(C)cc(/C=C3/NC(=O)N(Cc4ccc(F)cc4)C3=O)c2C)c(C)c1. The fourth-order valence-electron chi connectivity index (χ4n) is 4.45. The molecule has 0 spiro atoms. The minimum absolute atomic E-state index is 0.0864. The molecule has 0 aliphatic carbocycles. The summed E-state index contributed by atoms with van der Waals surface area (Å²) >= 11 is 0. The fraction of sp³-hybridized carbons (Fsp3) is 0.231. The number of hydrogen-bond donors (Lipinski definition) is 1. The highest BCUT2D eigenvalue weighted by molar-refractivity contribution is 6.14. The van der Waals surface area contributed by atoms with Gasteiger partial charge in [0.15, 0.2) is 0 Å². The summed E-state index contributed by atoms with van der Waals surface area (Å²) in [6.07, 6.45) is 1.72. The predicted molar refractivity (Wildman–Crippen MR) is 123 cm³/mol. The first-order valence-electron chi connectivity index (χ1n) is 10.5. The van der Waals surface area contributed by atoms with E-state index >= 15 is 0 Å². The quantitative estimate of drug-likeness (QED) is 0.453. The maximum Gasteiger partial charge on any atom is 0.329 e. The summed E-state index contributed by atoms with van der Waals surface area (Å²) < 4.78 is 15.3. The maximum atomic E-state index is 13.2. The number of nitrogens with one attached hydrogen (secondary N) is 1. The molecule has 1 aliphatic rings. The standard InChI is InChI=1S/C26H26FN3O2/c1-15-10-16(2)24(17(3)11-15)30-18(4)12-21(19(30)5)13-23-25(31)29(26(32)28-23)14-20-6-8-22(27)9-7-20/h6-13H,14H2,1-5H3,(H,28,32)/b23-13+. The summed E-state index contributed by atoms with van der Waals surface area (Å²) in [6, 6.07) is 11.6. The van der Waals surface area contributed by atoms with Crippen molar-refractivity contribution in [3.63, 3.8) is 0 Å². The highest BCUT2D eigenvalue weighted by Crippen LogP contribution is 2.28. The Morgan fingerprint density at radius 3 is 2.19 bits per heavy atom. The second-order valence-electron chi connectivity index (χ2n) is 8.42. The van der Waals surface area contributed by atoms with E-state index in [2.05, 4.69) is 42.8 Å². The van der Waals surface area contributed by atoms with Crippen molar-refractivity contribution in [2.75, 3.05) is 0 Å². The van der Waals surface area contributed by atoms with Gasteiger partial charge in [-0.3, -0.25) is 9.69 Å². The minimum Gasteiger partial charge on any atom is -0.317 e. The Bertz CT molecular complexity index is 1250. The average molecular weight is 432 g/mol. The molecule has 1 fully saturated rings. The number of amides is 3. The Labute approximate surface area is 187 Å². The van der Waals surface area contributed by atoms with Crippen LogP contribution in [0.3, 0.4) is 0 Å². The lowest BCUT2D eigenvalue weighted by atomic mass is 10.0. The number of hydrogen-bond acceptors (Lipinski definition) is 2. The number of aromatic nitrogens is 1. The summed E-state index contributed by atoms with van der Waals surface area (Å²) in [5, 5.41) is 2.68. The number of halogens is 1. The van der Waals surface area contributed by atoms with Crippen LogP contribution in [-0.4, -0.2) is 21.4 Å². The first kappa shape index (κ1) is 21.6. The van der Waals surface area contributed by atoms with Crippen LogP contribution in [0.5, 0.6) is 0 Å². The van der Waals surface area contributed by atoms with Gasteiger partial charge >= 0.3 is 6.03 Å². The van der Waals surface area contributed by atoms with Gasteiger partial charge in [0.25, 0.3) is 5.91 Å². The number of imide groups is 1. The van der Waals surface area contributed by atoms with Crippen LogP contribution in [-0.2, 0) is 11.3 Å². The summed E-state index contributed by atoms with van der Waals surface area (Å²) in [5.74, 6) is -0.757. The van der Waals surface area contributed by atoms with Crippen molar-refractivity contribution >= 4 is 18.0 Å². The number of benzene rings is 2. The summed E-state index contributed by atoms with van der Waals surface area (Å²) in [4.78, 5) is 26.5. The van der Waals surface area contributed by atoms with Crippen LogP contribution >= 0.6 is 0 Å². The first-order chi connectivity index (χ1) is 15.2. The molecular weight excluding hydrogens is 405 g/mol. The molecule has 4 rings (SSSR count). The van der Waals surface area contributed by atoms with Crippen LogP contribution in [0.1, 0.15) is 39.2 Å². The smallest absolute Gasteiger partial charge is 0.317 e. The van der Waals surface area contributed by atoms with Crippen molar-refractivity contribution in [3.8, 4) is 5.69 Å². The van der Waals surface area contributed by atoms with Crippen LogP contribution in [0, 0.1) is 40.4 Å². The molecule has 3 amide bonds. The van der Waals surface area contributed by atoms with E-state index in [-0.39, 0.29) is 18.1 Å². The second kappa shape index (κ2) is 8.11. The number of aryl methyl sites for hydroxylation is 4. The van der Waals surface area contributed by atoms with Gasteiger partial charge in [-0.1, -0.05) is 29.8 Å². The van der Waals surface area contributed by atoms with Crippen LogP contribution in [0.15, 0.2) is 48.2 Å². The number of carbonyl (C=O) groups is 2. The molecule has 2 heterocycles. The second-order valence-corrected chi connectivity index (χ2v) is 8.42. The normalized spacial score (nSPS) is 15.1. The summed E-state index contributed by atoms with van der Waals surface area (Å²) in [6.45, 7) is 10.4. The molecule has 164 valence electrons. The minimum atomic E-state index is -0.482. The molecule has 0 bridgehead atoms. The molecule has 6 heteroatoms. The molecule has 0 saturated carbocycles. The molecule has 0 atom stereocenters. The highest BCUT2D eigenvalue weighted by Gasteiger charge is 2.33. The van der Waals surface area contributed by atoms with Gasteiger partial charge in [0.05, 0.1) is 12.2 Å². The van der Waals surface area contributed by atoms with E-state index in [0.717, 1.165) is 27.5 Å². The zero-order valence-electron chi connectivity index (χ0n) is 18.9. The average Bonchev–Trinajstić information content (AvgIpc) is 3.13. The lowest BCUT2D eigenvalue weighted by Gasteiger charge is -2.17. The Hall–Kier alpha value is -3.67. The number of urea groups is 1. The third kappa shape index (κ3) is 3.84. The topological polar surface area (TPSA) is 54.3 Å². The van der Waals surface area contributed by atoms with Gasteiger partial charge in [0.2, 0.25) is 0 Å². The molecule has 0 unspecified atom stereocenters. The van der Waals surface area contributed by atoms with Crippen LogP contribution in [0.25, 0.3) is 11.8 Å². The lowest BCUT2D eigenvalue weighted by Crippen LogP contribution is -2.30. The Morgan fingerprint density at radius 1 is 0.938 bits per heavy atom. The largest absolute Gasteiger partial charge is 0.329 e. The first-order valence-corrected chi connectivity index (χ1v) is 10.5. The van der Waals surface area contributed by atoms with E-state index < -0.39 is 11.9 Å². The van der Waals surface area contributed by atoms with Crippen LogP contribution in [0.2, 0.25) is 0 Å². The van der Waals surface area contributed by atoms with E-state index in [1.165, 1.54) is 28.8 Å². The van der Waals surface area contributed by atoms with Crippen LogP contribution < -0.4 is 5.32 Å². The van der Waals surface area contributed by atoms with Crippen molar-refractivity contribution in [1.29, 1.82) is 0 Å². The van der Waals surface area contributed by atoms with Gasteiger partial charge in [-0.2, -0.15) is 0 Å². The zero-order chi connectivity index (χ0) is 23.2. The van der Waals surface area contributed by atoms with E-state index in [1.54, 1.807) is 18.2 Å². The zero-order valence-corrected chi connectivity index (χ0v) is 18.9. The molecule has 1 N–H and O–H groups in total. The van der Waals surface area contributed by atoms with Crippen molar-refractivity contribution in [2.45, 2.75) is 41.2 Å². The molecule has 1 aliphatic heterocycles. The Balaban J connectivity index is 1.67. The van der Waals surface area contributed by atoms with Gasteiger partial charge in [-0.15, -0.1) is 0 Å². The Kier molecular flexibility index (Phi) is 5.46. The highest BCUT2D eigenvalue weighted by atomic mass is 19.1. The van der Waals surface area contributed by atoms with E-state index in [1.807, 2.05) is 19.9 Å². The van der Waals surface area contributed by atoms with Crippen molar-refractivity contribution in [1.82, 2.24) is 14.8 Å². The van der Waals surface area contributed by atoms with E-state index in [9.17, 15) is 14.0 Å². The van der Waals surface area contributed by atoms with Crippen molar-refractivity contribution in [3.05, 3.63) is 93.2 Å². The third-order valence-electron chi connectivity index (χ3n) is 5.85. The van der Waals surface area contributed by atoms with E-state index in [4.69, 9.17) is 0 Å². The number of carbonyl (C=O) groups excluding carboxylic acids is 2. The predicted octanol–water partition coefficient (Wildman–Crippen LogP) is 5.25. The molecule has 32 heavy (non-hydrogen) atoms. The molecule has 1 saturated heterocycles. The molecule has 3 aromatic rings. The number of nitrogens with zero attached hydrogens (tertiary/aromatic N) is 2. The molecule has 0 radical (unpaired) electrons. The molecule has 2 aromatic carbocycles. The maximum absolute atomic E-state index is 13.2. The summed E-state index contributed by atoms with van der Waals surface area (Å²) in [7, 11) is 0.